The van der Waals surface area contributed by atoms with Crippen LogP contribution >= 0.6 is 0 Å². The van der Waals surface area contributed by atoms with Gasteiger partial charge < -0.3 is 10.6 Å². The number of hydrogen-bond acceptors (Lipinski definition) is 3. The van der Waals surface area contributed by atoms with Crippen molar-refractivity contribution in [2.45, 2.75) is 47.1 Å². The zero-order valence-electron chi connectivity index (χ0n) is 14.5. The Kier molecular flexibility index (Phi) is 5.37. The molecule has 1 atom stereocenters. The van der Waals surface area contributed by atoms with Gasteiger partial charge in [0.2, 0.25) is 0 Å². The Morgan fingerprint density at radius 1 is 1.17 bits per heavy atom. The number of carbonyl (C=O) groups is 1. The summed E-state index contributed by atoms with van der Waals surface area (Å²) >= 11 is 0. The lowest BCUT2D eigenvalue weighted by atomic mass is 10.0. The van der Waals surface area contributed by atoms with Gasteiger partial charge in [-0.3, -0.25) is 4.79 Å². The third kappa shape index (κ3) is 4.31. The van der Waals surface area contributed by atoms with Gasteiger partial charge in [-0.1, -0.05) is 24.6 Å². The van der Waals surface area contributed by atoms with Gasteiger partial charge in [0.05, 0.1) is 11.9 Å². The van der Waals surface area contributed by atoms with Crippen LogP contribution in [-0.4, -0.2) is 16.9 Å². The summed E-state index contributed by atoms with van der Waals surface area (Å²) < 4.78 is 0. The zero-order chi connectivity index (χ0) is 17.0. The summed E-state index contributed by atoms with van der Waals surface area (Å²) in [7, 11) is 0. The van der Waals surface area contributed by atoms with Gasteiger partial charge in [0.1, 0.15) is 5.69 Å². The number of nitrogens with zero attached hydrogens (tertiary/aromatic N) is 1. The monoisotopic (exact) mass is 311 g/mol. The molecule has 4 heteroatoms. The lowest BCUT2D eigenvalue weighted by molar-refractivity contribution is 0.0934. The van der Waals surface area contributed by atoms with Gasteiger partial charge in [0, 0.05) is 11.7 Å². The summed E-state index contributed by atoms with van der Waals surface area (Å²) in [5, 5.41) is 6.31. The molecule has 0 aliphatic rings. The average Bonchev–Trinajstić information content (AvgIpc) is 2.51. The molecule has 0 saturated carbocycles. The minimum Gasteiger partial charge on any atom is -0.354 e. The lowest BCUT2D eigenvalue weighted by Crippen LogP contribution is -2.32. The van der Waals surface area contributed by atoms with Gasteiger partial charge >= 0.3 is 0 Å². The molecule has 2 rings (SSSR count). The average molecular weight is 311 g/mol. The molecule has 0 aliphatic carbocycles. The van der Waals surface area contributed by atoms with Crippen molar-refractivity contribution in [1.82, 2.24) is 10.3 Å². The number of pyridine rings is 1. The van der Waals surface area contributed by atoms with Crippen LogP contribution in [0.3, 0.4) is 0 Å². The lowest BCUT2D eigenvalue weighted by Gasteiger charge is -2.14. The highest BCUT2D eigenvalue weighted by molar-refractivity contribution is 5.92. The van der Waals surface area contributed by atoms with Gasteiger partial charge in [-0.25, -0.2) is 4.98 Å². The van der Waals surface area contributed by atoms with E-state index in [1.54, 1.807) is 12.3 Å². The molecule has 4 nitrogen and oxygen atoms in total. The molecule has 1 aromatic heterocycles. The molecule has 23 heavy (non-hydrogen) atoms. The highest BCUT2D eigenvalue weighted by Crippen LogP contribution is 2.25. The van der Waals surface area contributed by atoms with Crippen LogP contribution in [0, 0.1) is 20.8 Å². The number of nitrogens with one attached hydrogen (secondary N) is 2. The van der Waals surface area contributed by atoms with E-state index in [4.69, 9.17) is 0 Å². The molecule has 0 bridgehead atoms. The molecular weight excluding hydrogens is 286 g/mol. The fourth-order valence-corrected chi connectivity index (χ4v) is 2.52. The number of amides is 1. The van der Waals surface area contributed by atoms with Crippen molar-refractivity contribution in [2.24, 2.45) is 0 Å². The van der Waals surface area contributed by atoms with Gasteiger partial charge in [0.15, 0.2) is 0 Å². The van der Waals surface area contributed by atoms with Crippen molar-refractivity contribution >= 4 is 17.3 Å². The first-order valence-electron chi connectivity index (χ1n) is 8.02. The minimum absolute atomic E-state index is 0.131. The first-order valence-corrected chi connectivity index (χ1v) is 8.02. The van der Waals surface area contributed by atoms with E-state index >= 15 is 0 Å². The van der Waals surface area contributed by atoms with Crippen molar-refractivity contribution in [3.8, 4) is 0 Å². The standard InChI is InChI=1S/C19H25N3O/c1-6-15(5)21-19(23)17-8-7-16(11-20-17)22-18-13(3)9-12(2)10-14(18)4/h7-11,15,22H,6H2,1-5H3,(H,21,23). The molecule has 122 valence electrons. The van der Waals surface area contributed by atoms with Crippen LogP contribution in [0.5, 0.6) is 0 Å². The second kappa shape index (κ2) is 7.27. The predicted molar refractivity (Wildman–Crippen MR) is 95.4 cm³/mol. The Balaban J connectivity index is 2.13. The Morgan fingerprint density at radius 2 is 1.83 bits per heavy atom. The summed E-state index contributed by atoms with van der Waals surface area (Å²) in [5.41, 5.74) is 6.05. The highest BCUT2D eigenvalue weighted by atomic mass is 16.1. The first-order chi connectivity index (χ1) is 10.9. The Morgan fingerprint density at radius 3 is 2.35 bits per heavy atom. The summed E-state index contributed by atoms with van der Waals surface area (Å²) in [5.74, 6) is -0.131. The van der Waals surface area contributed by atoms with Gasteiger partial charge in [-0.05, 0) is 57.4 Å². The molecular formula is C19H25N3O. The molecule has 1 aromatic carbocycles. The molecule has 0 spiro atoms. The van der Waals surface area contributed by atoms with E-state index in [1.807, 2.05) is 19.9 Å². The molecule has 0 aliphatic heterocycles. The number of anilines is 2. The number of hydrogen-bond donors (Lipinski definition) is 2. The maximum absolute atomic E-state index is 12.0. The van der Waals surface area contributed by atoms with E-state index < -0.39 is 0 Å². The molecule has 1 heterocycles. The van der Waals surface area contributed by atoms with E-state index in [1.165, 1.54) is 16.7 Å². The van der Waals surface area contributed by atoms with Crippen LogP contribution < -0.4 is 10.6 Å². The largest absolute Gasteiger partial charge is 0.354 e. The minimum atomic E-state index is -0.131. The van der Waals surface area contributed by atoms with Crippen LogP contribution in [0.4, 0.5) is 11.4 Å². The van der Waals surface area contributed by atoms with E-state index in [9.17, 15) is 4.79 Å². The summed E-state index contributed by atoms with van der Waals surface area (Å²) in [6, 6.07) is 8.09. The summed E-state index contributed by atoms with van der Waals surface area (Å²) in [6.07, 6.45) is 2.60. The van der Waals surface area contributed by atoms with Crippen molar-refractivity contribution in [2.75, 3.05) is 5.32 Å². The third-order valence-corrected chi connectivity index (χ3v) is 3.93. The van der Waals surface area contributed by atoms with Gasteiger partial charge in [-0.15, -0.1) is 0 Å². The van der Waals surface area contributed by atoms with Crippen molar-refractivity contribution in [3.63, 3.8) is 0 Å². The Bertz CT molecular complexity index is 669. The van der Waals surface area contributed by atoms with Crippen molar-refractivity contribution in [3.05, 3.63) is 52.8 Å². The number of benzene rings is 1. The van der Waals surface area contributed by atoms with Crippen LogP contribution in [-0.2, 0) is 0 Å². The quantitative estimate of drug-likeness (QED) is 0.866. The van der Waals surface area contributed by atoms with Crippen molar-refractivity contribution in [1.29, 1.82) is 0 Å². The summed E-state index contributed by atoms with van der Waals surface area (Å²) in [4.78, 5) is 16.3. The number of carbonyl (C=O) groups excluding carboxylic acids is 1. The van der Waals surface area contributed by atoms with E-state index in [-0.39, 0.29) is 11.9 Å². The third-order valence-electron chi connectivity index (χ3n) is 3.93. The SMILES string of the molecule is CCC(C)NC(=O)c1ccc(Nc2c(C)cc(C)cc2C)cn1. The Labute approximate surface area is 138 Å². The summed E-state index contributed by atoms with van der Waals surface area (Å²) in [6.45, 7) is 10.3. The normalized spacial score (nSPS) is 11.9. The second-order valence-electron chi connectivity index (χ2n) is 6.11. The van der Waals surface area contributed by atoms with Crippen molar-refractivity contribution < 1.29 is 4.79 Å². The Hall–Kier alpha value is -2.36. The second-order valence-corrected chi connectivity index (χ2v) is 6.11. The number of aryl methyl sites for hydroxylation is 3. The van der Waals surface area contributed by atoms with E-state index in [2.05, 4.69) is 48.5 Å². The topological polar surface area (TPSA) is 54.0 Å². The van der Waals surface area contributed by atoms with Crippen LogP contribution in [0.1, 0.15) is 47.4 Å². The zero-order valence-corrected chi connectivity index (χ0v) is 14.5. The number of rotatable bonds is 5. The first kappa shape index (κ1) is 17.0. The molecule has 1 unspecified atom stereocenters. The molecule has 2 aromatic rings. The molecule has 2 N–H and O–H groups in total. The van der Waals surface area contributed by atoms with Crippen LogP contribution in [0.25, 0.3) is 0 Å². The van der Waals surface area contributed by atoms with Crippen LogP contribution in [0.15, 0.2) is 30.5 Å². The molecule has 0 radical (unpaired) electrons. The smallest absolute Gasteiger partial charge is 0.270 e. The highest BCUT2D eigenvalue weighted by Gasteiger charge is 2.10. The van der Waals surface area contributed by atoms with Crippen LogP contribution in [0.2, 0.25) is 0 Å². The van der Waals surface area contributed by atoms with E-state index in [0.29, 0.717) is 5.69 Å². The number of aromatic nitrogens is 1. The van der Waals surface area contributed by atoms with E-state index in [0.717, 1.165) is 17.8 Å². The van der Waals surface area contributed by atoms with Gasteiger partial charge in [0.25, 0.3) is 5.91 Å². The molecule has 1 amide bonds. The van der Waals surface area contributed by atoms with Gasteiger partial charge in [-0.2, -0.15) is 0 Å². The predicted octanol–water partition coefficient (Wildman–Crippen LogP) is 4.28. The fraction of sp³-hybridized carbons (Fsp3) is 0.368. The fourth-order valence-electron chi connectivity index (χ4n) is 2.52. The molecule has 0 fully saturated rings. The maximum atomic E-state index is 12.0. The maximum Gasteiger partial charge on any atom is 0.270 e. The molecule has 0 saturated heterocycles.